The highest BCUT2D eigenvalue weighted by atomic mass is 16.3. The Morgan fingerprint density at radius 3 is 2.19 bits per heavy atom. The van der Waals surface area contributed by atoms with Crippen molar-refractivity contribution in [2.45, 2.75) is 117 Å². The van der Waals surface area contributed by atoms with Crippen LogP contribution in [0.3, 0.4) is 0 Å². The van der Waals surface area contributed by atoms with Crippen LogP contribution in [0.4, 0.5) is 0 Å². The molecular formula is C28H48O3. The molecule has 0 bridgehead atoms. The molecule has 0 spiro atoms. The van der Waals surface area contributed by atoms with Gasteiger partial charge in [-0.2, -0.15) is 0 Å². The monoisotopic (exact) mass is 432 g/mol. The van der Waals surface area contributed by atoms with Crippen LogP contribution in [-0.2, 0) is 0 Å². The Kier molecular flexibility index (Phi) is 6.01. The van der Waals surface area contributed by atoms with E-state index in [1.165, 1.54) is 6.42 Å². The minimum atomic E-state index is -0.823. The second-order valence-electron chi connectivity index (χ2n) is 13.0. The molecule has 0 aromatic rings. The zero-order valence-electron chi connectivity index (χ0n) is 20.9. The number of rotatable bonds is 4. The predicted molar refractivity (Wildman–Crippen MR) is 126 cm³/mol. The molecular weight excluding hydrogens is 384 g/mol. The summed E-state index contributed by atoms with van der Waals surface area (Å²) in [6.45, 7) is 14.0. The number of aliphatic hydroxyl groups is 3. The van der Waals surface area contributed by atoms with E-state index in [1.54, 1.807) is 0 Å². The quantitative estimate of drug-likeness (QED) is 0.498. The summed E-state index contributed by atoms with van der Waals surface area (Å²) in [5.74, 6) is 2.91. The lowest BCUT2D eigenvalue weighted by Gasteiger charge is -2.67. The van der Waals surface area contributed by atoms with Gasteiger partial charge >= 0.3 is 0 Å². The van der Waals surface area contributed by atoms with Gasteiger partial charge in [0.05, 0.1) is 17.3 Å². The van der Waals surface area contributed by atoms with Crippen LogP contribution in [0.5, 0.6) is 0 Å². The molecule has 0 aromatic heterocycles. The Balaban J connectivity index is 1.58. The number of fused-ring (bicyclic) bond motifs is 5. The van der Waals surface area contributed by atoms with E-state index in [9.17, 15) is 15.3 Å². The topological polar surface area (TPSA) is 60.7 Å². The number of hydrogen-bond donors (Lipinski definition) is 3. The SMILES string of the molecule is CC(C)C(C)C=CC(C)C1CCC2C1(C)CCC1C2(O)CCC2(O)CC(O)CCC12C. The fraction of sp³-hybridized carbons (Fsp3) is 0.929. The van der Waals surface area contributed by atoms with Crippen molar-refractivity contribution in [2.75, 3.05) is 0 Å². The smallest absolute Gasteiger partial charge is 0.0730 e. The average Bonchev–Trinajstić information content (AvgIpc) is 3.05. The van der Waals surface area contributed by atoms with E-state index >= 15 is 0 Å². The summed E-state index contributed by atoms with van der Waals surface area (Å²) in [7, 11) is 0. The van der Waals surface area contributed by atoms with Crippen molar-refractivity contribution in [1.82, 2.24) is 0 Å². The van der Waals surface area contributed by atoms with Gasteiger partial charge in [-0.15, -0.1) is 0 Å². The minimum absolute atomic E-state index is 0.148. The van der Waals surface area contributed by atoms with Crippen molar-refractivity contribution in [2.24, 2.45) is 46.3 Å². The molecule has 0 amide bonds. The van der Waals surface area contributed by atoms with Gasteiger partial charge in [-0.25, -0.2) is 0 Å². The Bertz CT molecular complexity index is 702. The van der Waals surface area contributed by atoms with Crippen molar-refractivity contribution >= 4 is 0 Å². The molecule has 4 aliphatic carbocycles. The maximum atomic E-state index is 12.3. The average molecular weight is 433 g/mol. The van der Waals surface area contributed by atoms with Crippen LogP contribution >= 0.6 is 0 Å². The van der Waals surface area contributed by atoms with Crippen LogP contribution in [0, 0.1) is 46.3 Å². The van der Waals surface area contributed by atoms with Crippen molar-refractivity contribution in [3.05, 3.63) is 12.2 Å². The summed E-state index contributed by atoms with van der Waals surface area (Å²) in [6, 6.07) is 0. The molecule has 10 unspecified atom stereocenters. The highest BCUT2D eigenvalue weighted by Gasteiger charge is 2.70. The van der Waals surface area contributed by atoms with Gasteiger partial charge < -0.3 is 15.3 Å². The van der Waals surface area contributed by atoms with E-state index in [0.29, 0.717) is 48.9 Å². The first-order chi connectivity index (χ1) is 14.4. The summed E-state index contributed by atoms with van der Waals surface area (Å²) in [4.78, 5) is 0. The van der Waals surface area contributed by atoms with E-state index < -0.39 is 17.3 Å². The number of hydrogen-bond acceptors (Lipinski definition) is 3. The molecule has 4 rings (SSSR count). The fourth-order valence-corrected chi connectivity index (χ4v) is 8.90. The first-order valence-corrected chi connectivity index (χ1v) is 13.2. The Hall–Kier alpha value is -0.380. The molecule has 178 valence electrons. The molecule has 10 atom stereocenters. The lowest BCUT2D eigenvalue weighted by Crippen LogP contribution is -2.69. The zero-order chi connectivity index (χ0) is 22.8. The van der Waals surface area contributed by atoms with Crippen LogP contribution in [0.25, 0.3) is 0 Å². The van der Waals surface area contributed by atoms with Gasteiger partial charge in [0.2, 0.25) is 0 Å². The highest BCUT2D eigenvalue weighted by Crippen LogP contribution is 2.70. The molecule has 4 aliphatic rings. The lowest BCUT2D eigenvalue weighted by atomic mass is 9.41. The van der Waals surface area contributed by atoms with Gasteiger partial charge in [-0.05, 0) is 92.3 Å². The second kappa shape index (κ2) is 7.84. The third kappa shape index (κ3) is 3.48. The van der Waals surface area contributed by atoms with Crippen LogP contribution in [-0.4, -0.2) is 32.6 Å². The van der Waals surface area contributed by atoms with Crippen LogP contribution in [0.1, 0.15) is 99.3 Å². The normalized spacial score (nSPS) is 51.9. The van der Waals surface area contributed by atoms with Gasteiger partial charge in [-0.1, -0.05) is 53.7 Å². The Morgan fingerprint density at radius 1 is 0.806 bits per heavy atom. The zero-order valence-corrected chi connectivity index (χ0v) is 20.9. The molecule has 0 aromatic carbocycles. The molecule has 0 aliphatic heterocycles. The van der Waals surface area contributed by atoms with Crippen molar-refractivity contribution in [3.63, 3.8) is 0 Å². The van der Waals surface area contributed by atoms with Gasteiger partial charge in [0.25, 0.3) is 0 Å². The molecule has 31 heavy (non-hydrogen) atoms. The molecule has 0 heterocycles. The van der Waals surface area contributed by atoms with Crippen molar-refractivity contribution in [1.29, 1.82) is 0 Å². The van der Waals surface area contributed by atoms with Gasteiger partial charge in [0, 0.05) is 11.8 Å². The lowest BCUT2D eigenvalue weighted by molar-refractivity contribution is -0.276. The molecule has 3 nitrogen and oxygen atoms in total. The summed E-state index contributed by atoms with van der Waals surface area (Å²) < 4.78 is 0. The highest BCUT2D eigenvalue weighted by molar-refractivity contribution is 5.20. The summed E-state index contributed by atoms with van der Waals surface area (Å²) in [5.41, 5.74) is -1.59. The predicted octanol–water partition coefficient (Wildman–Crippen LogP) is 5.72. The van der Waals surface area contributed by atoms with E-state index in [4.69, 9.17) is 0 Å². The standard InChI is InChI=1S/C28H48O3/c1-18(2)19(3)7-8-20(4)22-9-10-23-25(22,5)13-12-24-26(6)14-11-21(29)17-27(26,30)15-16-28(23,24)31/h7-8,18-24,29-31H,9-17H2,1-6H3. The molecule has 4 fully saturated rings. The number of allylic oxidation sites excluding steroid dienone is 2. The van der Waals surface area contributed by atoms with Crippen LogP contribution in [0.15, 0.2) is 12.2 Å². The summed E-state index contributed by atoms with van der Waals surface area (Å²) in [5, 5.41) is 34.2. The molecule has 3 heteroatoms. The van der Waals surface area contributed by atoms with Crippen molar-refractivity contribution in [3.8, 4) is 0 Å². The number of aliphatic hydroxyl groups excluding tert-OH is 1. The third-order valence-corrected chi connectivity index (χ3v) is 11.3. The van der Waals surface area contributed by atoms with E-state index in [1.807, 2.05) is 0 Å². The largest absolute Gasteiger partial charge is 0.393 e. The molecule has 3 N–H and O–H groups in total. The van der Waals surface area contributed by atoms with Gasteiger partial charge in [0.1, 0.15) is 0 Å². The second-order valence-corrected chi connectivity index (χ2v) is 13.0. The fourth-order valence-electron chi connectivity index (χ4n) is 8.90. The summed E-state index contributed by atoms with van der Waals surface area (Å²) in [6.07, 6.45) is 12.4. The third-order valence-electron chi connectivity index (χ3n) is 11.3. The van der Waals surface area contributed by atoms with Crippen molar-refractivity contribution < 1.29 is 15.3 Å². The first-order valence-electron chi connectivity index (χ1n) is 13.2. The van der Waals surface area contributed by atoms with E-state index in [0.717, 1.165) is 32.1 Å². The molecule has 4 saturated carbocycles. The van der Waals surface area contributed by atoms with Crippen LogP contribution in [0.2, 0.25) is 0 Å². The van der Waals surface area contributed by atoms with E-state index in [2.05, 4.69) is 53.7 Å². The van der Waals surface area contributed by atoms with Gasteiger partial charge in [0.15, 0.2) is 0 Å². The Labute approximate surface area is 190 Å². The minimum Gasteiger partial charge on any atom is -0.393 e. The molecule has 0 saturated heterocycles. The Morgan fingerprint density at radius 2 is 1.52 bits per heavy atom. The first kappa shape index (κ1) is 23.8. The van der Waals surface area contributed by atoms with Gasteiger partial charge in [-0.3, -0.25) is 0 Å². The maximum Gasteiger partial charge on any atom is 0.0730 e. The van der Waals surface area contributed by atoms with E-state index in [-0.39, 0.29) is 16.7 Å². The molecule has 0 radical (unpaired) electrons. The maximum absolute atomic E-state index is 12.3. The summed E-state index contributed by atoms with van der Waals surface area (Å²) >= 11 is 0. The van der Waals surface area contributed by atoms with Crippen LogP contribution < -0.4 is 0 Å².